The number of carbonyl (C=O) groups is 1. The molecule has 0 radical (unpaired) electrons. The Bertz CT molecular complexity index is 799. The van der Waals surface area contributed by atoms with Crippen LogP contribution in [0.2, 0.25) is 0 Å². The molecule has 6 nitrogen and oxygen atoms in total. The van der Waals surface area contributed by atoms with Crippen molar-refractivity contribution in [3.05, 3.63) is 0 Å². The van der Waals surface area contributed by atoms with Crippen molar-refractivity contribution in [1.82, 2.24) is 20.4 Å². The minimum atomic E-state index is 0.214. The van der Waals surface area contributed by atoms with Crippen LogP contribution in [0.4, 0.5) is 0 Å². The van der Waals surface area contributed by atoms with Crippen molar-refractivity contribution >= 4 is 5.91 Å². The Morgan fingerprint density at radius 1 is 0.872 bits per heavy atom. The molecule has 5 rings (SSSR count). The van der Waals surface area contributed by atoms with Crippen LogP contribution in [-0.4, -0.2) is 81.2 Å². The third-order valence-corrected chi connectivity index (χ3v) is 13.1. The van der Waals surface area contributed by atoms with Crippen LogP contribution < -0.4 is 16.4 Å². The summed E-state index contributed by atoms with van der Waals surface area (Å²) in [4.78, 5) is 17.0. The molecule has 4 aliphatic carbocycles. The topological polar surface area (TPSA) is 73.6 Å². The summed E-state index contributed by atoms with van der Waals surface area (Å²) in [5.41, 5.74) is 6.79. The average molecular weight is 544 g/mol. The number of hydrogen-bond acceptors (Lipinski definition) is 5. The molecule has 1 aliphatic heterocycles. The summed E-state index contributed by atoms with van der Waals surface area (Å²) in [5, 5.41) is 6.83. The first-order valence-electron chi connectivity index (χ1n) is 17.0. The van der Waals surface area contributed by atoms with E-state index in [2.05, 4.69) is 34.3 Å². The van der Waals surface area contributed by atoms with Gasteiger partial charge >= 0.3 is 0 Å². The summed E-state index contributed by atoms with van der Waals surface area (Å²) in [6.45, 7) is 14.6. The smallest absolute Gasteiger partial charge is 0.219 e. The first kappa shape index (κ1) is 29.8. The largest absolute Gasteiger partial charge is 0.359 e. The number of hydrogen-bond donors (Lipinski definition) is 3. The Morgan fingerprint density at radius 2 is 1.59 bits per heavy atom. The van der Waals surface area contributed by atoms with Crippen LogP contribution in [0.3, 0.4) is 0 Å². The normalized spacial score (nSPS) is 41.0. The van der Waals surface area contributed by atoms with E-state index in [9.17, 15) is 4.79 Å². The number of rotatable bonds is 11. The number of fused-ring (bicyclic) bond motifs is 5. The molecule has 5 unspecified atom stereocenters. The maximum Gasteiger partial charge on any atom is 0.219 e. The maximum absolute atomic E-state index is 11.8. The molecule has 0 aromatic carbocycles. The first-order valence-corrected chi connectivity index (χ1v) is 17.0. The van der Waals surface area contributed by atoms with Crippen molar-refractivity contribution in [3.8, 4) is 0 Å². The Labute approximate surface area is 240 Å². The second-order valence-corrected chi connectivity index (χ2v) is 14.8. The van der Waals surface area contributed by atoms with Gasteiger partial charge in [-0.1, -0.05) is 13.8 Å². The zero-order chi connectivity index (χ0) is 27.5. The summed E-state index contributed by atoms with van der Waals surface area (Å²) in [6, 6.07) is 0.732. The number of piperazine rings is 1. The van der Waals surface area contributed by atoms with E-state index in [-0.39, 0.29) is 5.91 Å². The summed E-state index contributed by atoms with van der Waals surface area (Å²) >= 11 is 0. The van der Waals surface area contributed by atoms with Crippen molar-refractivity contribution in [2.75, 3.05) is 59.4 Å². The Balaban J connectivity index is 1.08. The van der Waals surface area contributed by atoms with Crippen LogP contribution in [0.5, 0.6) is 0 Å². The van der Waals surface area contributed by atoms with Crippen LogP contribution in [0.25, 0.3) is 0 Å². The molecule has 0 aromatic rings. The van der Waals surface area contributed by atoms with Gasteiger partial charge in [-0.25, -0.2) is 0 Å². The number of nitrogens with one attached hydrogen (secondary N) is 2. The fourth-order valence-corrected chi connectivity index (χ4v) is 10.6. The average Bonchev–Trinajstić information content (AvgIpc) is 3.28. The van der Waals surface area contributed by atoms with Gasteiger partial charge in [-0.15, -0.1) is 0 Å². The summed E-state index contributed by atoms with van der Waals surface area (Å²) in [5.74, 6) is 4.83. The third-order valence-electron chi connectivity index (χ3n) is 13.1. The molecule has 1 heterocycles. The molecule has 1 amide bonds. The van der Waals surface area contributed by atoms with E-state index in [1.54, 1.807) is 7.05 Å². The van der Waals surface area contributed by atoms with Crippen LogP contribution in [-0.2, 0) is 4.79 Å². The van der Waals surface area contributed by atoms with Crippen molar-refractivity contribution in [2.24, 2.45) is 46.2 Å². The quantitative estimate of drug-likeness (QED) is 0.358. The fraction of sp³-hybridized carbons (Fsp3) is 0.970. The van der Waals surface area contributed by atoms with Crippen molar-refractivity contribution in [2.45, 2.75) is 103 Å². The van der Waals surface area contributed by atoms with Crippen LogP contribution >= 0.6 is 0 Å². The molecule has 224 valence electrons. The van der Waals surface area contributed by atoms with E-state index < -0.39 is 0 Å². The van der Waals surface area contributed by atoms with E-state index in [4.69, 9.17) is 5.73 Å². The van der Waals surface area contributed by atoms with Gasteiger partial charge in [-0.05, 0) is 131 Å². The molecule has 0 spiro atoms. The summed E-state index contributed by atoms with van der Waals surface area (Å²) in [6.07, 6.45) is 17.1. The molecule has 4 N–H and O–H groups in total. The minimum absolute atomic E-state index is 0.214. The molecule has 4 saturated carbocycles. The highest BCUT2D eigenvalue weighted by Crippen LogP contribution is 2.67. The second kappa shape index (κ2) is 13.1. The Hall–Kier alpha value is -0.690. The SMILES string of the molecule is CNC(=O)CCC[C@H]1CCC2C3CCC4CC(NCCN5CCN(CCCN)CC5)CC[C@]4(C)C3CC[C@@]21C. The highest BCUT2D eigenvalue weighted by Gasteiger charge is 2.59. The van der Waals surface area contributed by atoms with Crippen molar-refractivity contribution in [1.29, 1.82) is 0 Å². The zero-order valence-corrected chi connectivity index (χ0v) is 25.7. The minimum Gasteiger partial charge on any atom is -0.359 e. The molecule has 5 fully saturated rings. The Kier molecular flexibility index (Phi) is 10.00. The van der Waals surface area contributed by atoms with Crippen LogP contribution in [0, 0.1) is 40.4 Å². The summed E-state index contributed by atoms with van der Waals surface area (Å²) < 4.78 is 0. The first-order chi connectivity index (χ1) is 18.9. The lowest BCUT2D eigenvalue weighted by Crippen LogP contribution is -2.55. The van der Waals surface area contributed by atoms with Gasteiger partial charge in [0.25, 0.3) is 0 Å². The molecule has 0 bridgehead atoms. The monoisotopic (exact) mass is 543 g/mol. The van der Waals surface area contributed by atoms with Crippen LogP contribution in [0.1, 0.15) is 97.3 Å². The fourth-order valence-electron chi connectivity index (χ4n) is 10.6. The molecular formula is C33H61N5O. The summed E-state index contributed by atoms with van der Waals surface area (Å²) in [7, 11) is 1.77. The number of nitrogens with zero attached hydrogens (tertiary/aromatic N) is 2. The standard InChI is InChI=1S/C33H61N5O/c1-32-15-13-30-28(29(32)11-9-25(32)6-4-7-31(39)35-3)10-8-26-24-27(12-14-33(26,30)2)36-17-19-38-22-20-37(21-23-38)18-5-16-34/h25-30,36H,4-24,34H2,1-3H3,(H,35,39)/t25-,26?,27?,28?,29?,30?,32+,33-/m0/s1. The van der Waals surface area contributed by atoms with E-state index in [1.165, 1.54) is 103 Å². The van der Waals surface area contributed by atoms with E-state index in [0.717, 1.165) is 61.6 Å². The third kappa shape index (κ3) is 6.39. The van der Waals surface area contributed by atoms with E-state index in [1.807, 2.05) is 0 Å². The van der Waals surface area contributed by atoms with Gasteiger partial charge in [0.1, 0.15) is 0 Å². The molecule has 5 aliphatic rings. The lowest BCUT2D eigenvalue weighted by Gasteiger charge is -2.61. The van der Waals surface area contributed by atoms with Gasteiger partial charge < -0.3 is 21.3 Å². The number of carbonyl (C=O) groups excluding carboxylic acids is 1. The molecule has 8 atom stereocenters. The van der Waals surface area contributed by atoms with Gasteiger partial charge in [-0.3, -0.25) is 9.69 Å². The number of nitrogens with two attached hydrogens (primary N) is 1. The zero-order valence-electron chi connectivity index (χ0n) is 25.7. The van der Waals surface area contributed by atoms with Gasteiger partial charge in [0.05, 0.1) is 0 Å². The molecular weight excluding hydrogens is 482 g/mol. The highest BCUT2D eigenvalue weighted by atomic mass is 16.1. The lowest BCUT2D eigenvalue weighted by molar-refractivity contribution is -0.121. The van der Waals surface area contributed by atoms with Crippen molar-refractivity contribution in [3.63, 3.8) is 0 Å². The van der Waals surface area contributed by atoms with Gasteiger partial charge in [0.15, 0.2) is 0 Å². The predicted octanol–water partition coefficient (Wildman–Crippen LogP) is 4.49. The molecule has 6 heteroatoms. The second-order valence-electron chi connectivity index (χ2n) is 14.8. The van der Waals surface area contributed by atoms with Gasteiger partial charge in [0.2, 0.25) is 5.91 Å². The van der Waals surface area contributed by atoms with Crippen molar-refractivity contribution < 1.29 is 4.79 Å². The van der Waals surface area contributed by atoms with E-state index in [0.29, 0.717) is 17.3 Å². The molecule has 1 saturated heterocycles. The predicted molar refractivity (Wildman–Crippen MR) is 161 cm³/mol. The Morgan fingerprint density at radius 3 is 2.33 bits per heavy atom. The molecule has 0 aromatic heterocycles. The van der Waals surface area contributed by atoms with Crippen LogP contribution in [0.15, 0.2) is 0 Å². The molecule has 39 heavy (non-hydrogen) atoms. The number of amides is 1. The van der Waals surface area contributed by atoms with E-state index >= 15 is 0 Å². The maximum atomic E-state index is 11.8. The highest BCUT2D eigenvalue weighted by molar-refractivity contribution is 5.75. The van der Waals surface area contributed by atoms with Gasteiger partial charge in [-0.2, -0.15) is 0 Å². The van der Waals surface area contributed by atoms with Gasteiger partial charge in [0, 0.05) is 58.8 Å². The lowest BCUT2D eigenvalue weighted by atomic mass is 9.44.